The minimum absolute atomic E-state index is 0.0204. The summed E-state index contributed by atoms with van der Waals surface area (Å²) in [4.78, 5) is 13.9. The summed E-state index contributed by atoms with van der Waals surface area (Å²) >= 11 is 0. The maximum absolute atomic E-state index is 11.8. The van der Waals surface area contributed by atoms with E-state index in [0.717, 1.165) is 25.9 Å². The van der Waals surface area contributed by atoms with Crippen LogP contribution < -0.4 is 15.5 Å². The Balaban J connectivity index is 1.70. The number of amides is 1. The lowest BCUT2D eigenvalue weighted by Crippen LogP contribution is -2.43. The van der Waals surface area contributed by atoms with E-state index in [0.29, 0.717) is 6.54 Å². The van der Waals surface area contributed by atoms with Gasteiger partial charge in [0.2, 0.25) is 5.91 Å². The number of hydrogen-bond donors (Lipinski definition) is 2. The molecule has 0 saturated carbocycles. The molecule has 0 unspecified atom stereocenters. The molecule has 0 aromatic heterocycles. The fourth-order valence-corrected chi connectivity index (χ4v) is 2.19. The fraction of sp³-hybridized carbons (Fsp3) is 0.500. The van der Waals surface area contributed by atoms with E-state index >= 15 is 0 Å². The van der Waals surface area contributed by atoms with Crippen LogP contribution in [0.3, 0.4) is 0 Å². The number of para-hydroxylation sites is 1. The van der Waals surface area contributed by atoms with Crippen molar-refractivity contribution < 1.29 is 4.79 Å². The molecular weight excluding hydrogens is 226 g/mol. The monoisotopic (exact) mass is 247 g/mol. The number of benzene rings is 1. The molecule has 1 heterocycles. The first kappa shape index (κ1) is 12.9. The minimum atomic E-state index is 0.0204. The zero-order valence-electron chi connectivity index (χ0n) is 10.9. The van der Waals surface area contributed by atoms with Crippen molar-refractivity contribution in [3.8, 4) is 0 Å². The molecule has 2 rings (SSSR count). The standard InChI is InChI=1S/C14H21N3O/c1-17(12-6-3-2-4-7-12)11-10-16-14(18)13-8-5-9-15-13/h2-4,6-7,13,15H,5,8-11H2,1H3,(H,16,18)/t13-/m0/s1. The van der Waals surface area contributed by atoms with Crippen LogP contribution in [0.1, 0.15) is 12.8 Å². The van der Waals surface area contributed by atoms with Crippen LogP contribution in [-0.4, -0.2) is 38.6 Å². The summed E-state index contributed by atoms with van der Waals surface area (Å²) in [5.41, 5.74) is 1.17. The summed E-state index contributed by atoms with van der Waals surface area (Å²) in [6, 6.07) is 10.2. The van der Waals surface area contributed by atoms with Gasteiger partial charge in [-0.25, -0.2) is 0 Å². The number of carbonyl (C=O) groups is 1. The number of nitrogens with one attached hydrogen (secondary N) is 2. The summed E-state index contributed by atoms with van der Waals surface area (Å²) in [5, 5.41) is 6.18. The summed E-state index contributed by atoms with van der Waals surface area (Å²) in [6.45, 7) is 2.47. The van der Waals surface area contributed by atoms with E-state index in [1.165, 1.54) is 5.69 Å². The van der Waals surface area contributed by atoms with Gasteiger partial charge < -0.3 is 15.5 Å². The quantitative estimate of drug-likeness (QED) is 0.815. The van der Waals surface area contributed by atoms with Gasteiger partial charge in [0, 0.05) is 25.8 Å². The Labute approximate surface area is 108 Å². The Morgan fingerprint density at radius 3 is 2.89 bits per heavy atom. The topological polar surface area (TPSA) is 44.4 Å². The summed E-state index contributed by atoms with van der Waals surface area (Å²) in [6.07, 6.45) is 2.06. The van der Waals surface area contributed by atoms with Crippen LogP contribution in [-0.2, 0) is 4.79 Å². The highest BCUT2D eigenvalue weighted by Crippen LogP contribution is 2.09. The molecule has 1 fully saturated rings. The Kier molecular flexibility index (Phi) is 4.59. The van der Waals surface area contributed by atoms with Crippen LogP contribution in [0, 0.1) is 0 Å². The van der Waals surface area contributed by atoms with Gasteiger partial charge in [0.25, 0.3) is 0 Å². The molecule has 1 aromatic carbocycles. The molecule has 18 heavy (non-hydrogen) atoms. The van der Waals surface area contributed by atoms with Crippen molar-refractivity contribution in [3.63, 3.8) is 0 Å². The number of carbonyl (C=O) groups excluding carboxylic acids is 1. The summed E-state index contributed by atoms with van der Waals surface area (Å²) in [7, 11) is 2.04. The largest absolute Gasteiger partial charge is 0.373 e. The Hall–Kier alpha value is -1.55. The highest BCUT2D eigenvalue weighted by atomic mass is 16.2. The van der Waals surface area contributed by atoms with Crippen LogP contribution in [0.25, 0.3) is 0 Å². The van der Waals surface area contributed by atoms with Crippen molar-refractivity contribution in [3.05, 3.63) is 30.3 Å². The first-order chi connectivity index (χ1) is 8.77. The second kappa shape index (κ2) is 6.40. The van der Waals surface area contributed by atoms with Gasteiger partial charge in [-0.3, -0.25) is 4.79 Å². The molecule has 1 aliphatic rings. The van der Waals surface area contributed by atoms with Gasteiger partial charge in [-0.15, -0.1) is 0 Å². The lowest BCUT2D eigenvalue weighted by atomic mass is 10.2. The Morgan fingerprint density at radius 1 is 1.44 bits per heavy atom. The number of hydrogen-bond acceptors (Lipinski definition) is 3. The second-order valence-corrected chi connectivity index (χ2v) is 4.70. The second-order valence-electron chi connectivity index (χ2n) is 4.70. The smallest absolute Gasteiger partial charge is 0.237 e. The molecule has 0 radical (unpaired) electrons. The van der Waals surface area contributed by atoms with Crippen molar-refractivity contribution in [2.45, 2.75) is 18.9 Å². The molecule has 0 bridgehead atoms. The van der Waals surface area contributed by atoms with E-state index in [1.807, 2.05) is 25.2 Å². The van der Waals surface area contributed by atoms with Gasteiger partial charge in [0.15, 0.2) is 0 Å². The van der Waals surface area contributed by atoms with Gasteiger partial charge in [-0.1, -0.05) is 18.2 Å². The van der Waals surface area contributed by atoms with Crippen LogP contribution in [0.15, 0.2) is 30.3 Å². The van der Waals surface area contributed by atoms with Crippen LogP contribution in [0.4, 0.5) is 5.69 Å². The van der Waals surface area contributed by atoms with Crippen molar-refractivity contribution in [2.24, 2.45) is 0 Å². The van der Waals surface area contributed by atoms with E-state index in [1.54, 1.807) is 0 Å². The molecule has 1 atom stereocenters. The van der Waals surface area contributed by atoms with E-state index in [9.17, 15) is 4.79 Å². The average Bonchev–Trinajstić information content (AvgIpc) is 2.93. The van der Waals surface area contributed by atoms with Crippen molar-refractivity contribution in [1.29, 1.82) is 0 Å². The van der Waals surface area contributed by atoms with Gasteiger partial charge in [0.05, 0.1) is 6.04 Å². The molecule has 1 saturated heterocycles. The Morgan fingerprint density at radius 2 is 2.22 bits per heavy atom. The summed E-state index contributed by atoms with van der Waals surface area (Å²) < 4.78 is 0. The third-order valence-electron chi connectivity index (χ3n) is 3.32. The van der Waals surface area contributed by atoms with E-state index in [-0.39, 0.29) is 11.9 Å². The van der Waals surface area contributed by atoms with Gasteiger partial charge in [-0.05, 0) is 31.5 Å². The predicted molar refractivity (Wildman–Crippen MR) is 73.7 cm³/mol. The zero-order valence-corrected chi connectivity index (χ0v) is 10.9. The molecular formula is C14H21N3O. The molecule has 4 heteroatoms. The zero-order chi connectivity index (χ0) is 12.8. The number of anilines is 1. The van der Waals surface area contributed by atoms with Crippen LogP contribution in [0.5, 0.6) is 0 Å². The van der Waals surface area contributed by atoms with Crippen molar-refractivity contribution >= 4 is 11.6 Å². The van der Waals surface area contributed by atoms with E-state index in [2.05, 4.69) is 27.7 Å². The molecule has 0 spiro atoms. The van der Waals surface area contributed by atoms with Gasteiger partial charge in [-0.2, -0.15) is 0 Å². The maximum atomic E-state index is 11.8. The molecule has 98 valence electrons. The first-order valence-electron chi connectivity index (χ1n) is 6.54. The molecule has 1 aromatic rings. The molecule has 1 amide bonds. The predicted octanol–water partition coefficient (Wildman–Crippen LogP) is 0.991. The average molecular weight is 247 g/mol. The molecule has 2 N–H and O–H groups in total. The van der Waals surface area contributed by atoms with E-state index in [4.69, 9.17) is 0 Å². The lowest BCUT2D eigenvalue weighted by molar-refractivity contribution is -0.122. The molecule has 4 nitrogen and oxygen atoms in total. The van der Waals surface area contributed by atoms with E-state index < -0.39 is 0 Å². The minimum Gasteiger partial charge on any atom is -0.373 e. The highest BCUT2D eigenvalue weighted by molar-refractivity contribution is 5.82. The van der Waals surface area contributed by atoms with Crippen LogP contribution >= 0.6 is 0 Å². The van der Waals surface area contributed by atoms with Crippen molar-refractivity contribution in [1.82, 2.24) is 10.6 Å². The number of likely N-dealkylation sites (N-methyl/N-ethyl adjacent to an activating group) is 1. The van der Waals surface area contributed by atoms with Crippen LogP contribution in [0.2, 0.25) is 0 Å². The normalized spacial score (nSPS) is 18.6. The van der Waals surface area contributed by atoms with Crippen molar-refractivity contribution in [2.75, 3.05) is 31.6 Å². The number of nitrogens with zero attached hydrogens (tertiary/aromatic N) is 1. The van der Waals surface area contributed by atoms with Gasteiger partial charge >= 0.3 is 0 Å². The van der Waals surface area contributed by atoms with Gasteiger partial charge in [0.1, 0.15) is 0 Å². The fourth-order valence-electron chi connectivity index (χ4n) is 2.19. The molecule has 0 aliphatic carbocycles. The first-order valence-corrected chi connectivity index (χ1v) is 6.54. The summed E-state index contributed by atoms with van der Waals surface area (Å²) in [5.74, 6) is 0.133. The Bertz CT molecular complexity index is 374. The highest BCUT2D eigenvalue weighted by Gasteiger charge is 2.21. The SMILES string of the molecule is CN(CCNC(=O)[C@@H]1CCCN1)c1ccccc1. The maximum Gasteiger partial charge on any atom is 0.237 e. The molecule has 1 aliphatic heterocycles. The third-order valence-corrected chi connectivity index (χ3v) is 3.32. The lowest BCUT2D eigenvalue weighted by Gasteiger charge is -2.20. The number of rotatable bonds is 5. The third kappa shape index (κ3) is 3.47.